The van der Waals surface area contributed by atoms with E-state index in [4.69, 9.17) is 28.4 Å². The average Bonchev–Trinajstić information content (AvgIpc) is 2.86. The normalized spacial score (nSPS) is 17.5. The number of carbonyl (C=O) groups is 2. The second kappa shape index (κ2) is 12.0. The number of esters is 2. The molecule has 0 atom stereocenters. The monoisotopic (exact) mass is 498 g/mol. The minimum absolute atomic E-state index is 0.0723. The Balaban J connectivity index is 1.20. The smallest absolute Gasteiger partial charge is 0.338 e. The molecule has 2 aliphatic heterocycles. The van der Waals surface area contributed by atoms with E-state index in [0.717, 1.165) is 11.1 Å². The molecule has 0 aromatic heterocycles. The van der Waals surface area contributed by atoms with Gasteiger partial charge in [-0.3, -0.25) is 0 Å². The first-order valence-corrected chi connectivity index (χ1v) is 12.2. The largest absolute Gasteiger partial charge is 0.460 e. The number of ether oxygens (including phenoxy) is 6. The summed E-state index contributed by atoms with van der Waals surface area (Å²) < 4.78 is 32.2. The van der Waals surface area contributed by atoms with Crippen LogP contribution in [-0.2, 0) is 28.4 Å². The van der Waals surface area contributed by atoms with E-state index in [9.17, 15) is 9.59 Å². The van der Waals surface area contributed by atoms with Gasteiger partial charge in [0.05, 0.1) is 64.0 Å². The van der Waals surface area contributed by atoms with Gasteiger partial charge in [-0.25, -0.2) is 9.59 Å². The molecule has 2 fully saturated rings. The van der Waals surface area contributed by atoms with E-state index in [-0.39, 0.29) is 24.0 Å². The standard InChI is InChI=1S/C28H34O8/c1-27(17-33-18-27)15-31-10-12-35-25(29)22-8-6-21(7-9-22)23-4-3-5-24(14-23)26(30)36-13-11-32-16-28(2)19-34-20-28/h3-9,14H,10-13,15-20H2,1-2H3. The van der Waals surface area contributed by atoms with Gasteiger partial charge < -0.3 is 28.4 Å². The zero-order valence-corrected chi connectivity index (χ0v) is 21.0. The van der Waals surface area contributed by atoms with Crippen LogP contribution >= 0.6 is 0 Å². The minimum Gasteiger partial charge on any atom is -0.460 e. The third-order valence-corrected chi connectivity index (χ3v) is 6.18. The first kappa shape index (κ1) is 26.3. The summed E-state index contributed by atoms with van der Waals surface area (Å²) in [4.78, 5) is 24.8. The number of hydrogen-bond acceptors (Lipinski definition) is 8. The molecule has 194 valence electrons. The molecule has 0 unspecified atom stereocenters. The first-order chi connectivity index (χ1) is 17.4. The summed E-state index contributed by atoms with van der Waals surface area (Å²) >= 11 is 0. The fourth-order valence-electron chi connectivity index (χ4n) is 3.88. The molecule has 2 saturated heterocycles. The number of rotatable bonds is 13. The van der Waals surface area contributed by atoms with E-state index >= 15 is 0 Å². The van der Waals surface area contributed by atoms with Crippen LogP contribution in [0.15, 0.2) is 48.5 Å². The second-order valence-corrected chi connectivity index (χ2v) is 10.1. The SMILES string of the molecule is CC1(COCCOC(=O)c2ccc(-c3cccc(C(=O)OCCOCC4(C)COC4)c3)cc2)COC1. The molecule has 8 heteroatoms. The lowest BCUT2D eigenvalue weighted by atomic mass is 9.90. The Kier molecular flexibility index (Phi) is 8.74. The molecule has 36 heavy (non-hydrogen) atoms. The van der Waals surface area contributed by atoms with Crippen LogP contribution < -0.4 is 0 Å². The Morgan fingerprint density at radius 3 is 1.72 bits per heavy atom. The molecule has 2 heterocycles. The zero-order chi connectivity index (χ0) is 25.4. The Morgan fingerprint density at radius 1 is 0.694 bits per heavy atom. The van der Waals surface area contributed by atoms with Crippen LogP contribution in [0.5, 0.6) is 0 Å². The summed E-state index contributed by atoms with van der Waals surface area (Å²) in [6.45, 7) is 9.28. The molecule has 0 spiro atoms. The van der Waals surface area contributed by atoms with Gasteiger partial charge >= 0.3 is 11.9 Å². The molecular formula is C28H34O8. The molecular weight excluding hydrogens is 464 g/mol. The predicted molar refractivity (Wildman–Crippen MR) is 132 cm³/mol. The summed E-state index contributed by atoms with van der Waals surface area (Å²) in [6.07, 6.45) is 0. The van der Waals surface area contributed by atoms with Crippen LogP contribution in [0, 0.1) is 10.8 Å². The van der Waals surface area contributed by atoms with Crippen molar-refractivity contribution in [2.45, 2.75) is 13.8 Å². The number of benzene rings is 2. The topological polar surface area (TPSA) is 89.5 Å². The van der Waals surface area contributed by atoms with Crippen LogP contribution in [0.1, 0.15) is 34.6 Å². The highest BCUT2D eigenvalue weighted by atomic mass is 16.6. The molecule has 2 aliphatic rings. The Hall–Kier alpha value is -2.78. The van der Waals surface area contributed by atoms with Crippen LogP contribution in [0.4, 0.5) is 0 Å². The van der Waals surface area contributed by atoms with Crippen molar-refractivity contribution in [3.8, 4) is 11.1 Å². The number of carbonyl (C=O) groups excluding carboxylic acids is 2. The molecule has 0 radical (unpaired) electrons. The van der Waals surface area contributed by atoms with Crippen molar-refractivity contribution < 1.29 is 38.0 Å². The lowest BCUT2D eigenvalue weighted by Crippen LogP contribution is -2.43. The fourth-order valence-corrected chi connectivity index (χ4v) is 3.88. The molecule has 0 saturated carbocycles. The van der Waals surface area contributed by atoms with Crippen molar-refractivity contribution in [3.63, 3.8) is 0 Å². The Labute approximate surface area is 211 Å². The Bertz CT molecular complexity index is 1020. The van der Waals surface area contributed by atoms with Gasteiger partial charge in [0.1, 0.15) is 13.2 Å². The lowest BCUT2D eigenvalue weighted by molar-refractivity contribution is -0.139. The van der Waals surface area contributed by atoms with Gasteiger partial charge in [-0.15, -0.1) is 0 Å². The third-order valence-electron chi connectivity index (χ3n) is 6.18. The second-order valence-electron chi connectivity index (χ2n) is 10.1. The van der Waals surface area contributed by atoms with Crippen LogP contribution in [-0.4, -0.2) is 78.0 Å². The fraction of sp³-hybridized carbons (Fsp3) is 0.500. The molecule has 4 rings (SSSR count). The maximum Gasteiger partial charge on any atom is 0.338 e. The average molecular weight is 499 g/mol. The van der Waals surface area contributed by atoms with E-state index < -0.39 is 11.9 Å². The molecule has 0 N–H and O–H groups in total. The van der Waals surface area contributed by atoms with E-state index in [1.165, 1.54) is 0 Å². The summed E-state index contributed by atoms with van der Waals surface area (Å²) in [5.74, 6) is -0.804. The highest BCUT2D eigenvalue weighted by Gasteiger charge is 2.34. The van der Waals surface area contributed by atoms with E-state index in [1.54, 1.807) is 30.3 Å². The van der Waals surface area contributed by atoms with Crippen molar-refractivity contribution in [3.05, 3.63) is 59.7 Å². The van der Waals surface area contributed by atoms with Gasteiger partial charge in [0.2, 0.25) is 0 Å². The van der Waals surface area contributed by atoms with Crippen molar-refractivity contribution in [1.82, 2.24) is 0 Å². The van der Waals surface area contributed by atoms with E-state index in [2.05, 4.69) is 13.8 Å². The van der Waals surface area contributed by atoms with Gasteiger partial charge in [0.25, 0.3) is 0 Å². The maximum atomic E-state index is 12.4. The van der Waals surface area contributed by atoms with E-state index in [1.807, 2.05) is 18.2 Å². The third kappa shape index (κ3) is 7.13. The van der Waals surface area contributed by atoms with Gasteiger partial charge in [0.15, 0.2) is 0 Å². The summed E-state index contributed by atoms with van der Waals surface area (Å²) in [7, 11) is 0. The van der Waals surface area contributed by atoms with Gasteiger partial charge in [-0.05, 0) is 35.4 Å². The van der Waals surface area contributed by atoms with Crippen LogP contribution in [0.2, 0.25) is 0 Å². The lowest BCUT2D eigenvalue weighted by Gasteiger charge is -2.37. The predicted octanol–water partition coefficient (Wildman–Crippen LogP) is 3.77. The van der Waals surface area contributed by atoms with Crippen molar-refractivity contribution in [2.75, 3.05) is 66.1 Å². The van der Waals surface area contributed by atoms with Crippen molar-refractivity contribution in [1.29, 1.82) is 0 Å². The van der Waals surface area contributed by atoms with Crippen LogP contribution in [0.3, 0.4) is 0 Å². The minimum atomic E-state index is -0.403. The van der Waals surface area contributed by atoms with Crippen LogP contribution in [0.25, 0.3) is 11.1 Å². The van der Waals surface area contributed by atoms with Crippen molar-refractivity contribution in [2.24, 2.45) is 10.8 Å². The molecule has 0 amide bonds. The quantitative estimate of drug-likeness (QED) is 0.305. The number of hydrogen-bond donors (Lipinski definition) is 0. The zero-order valence-electron chi connectivity index (χ0n) is 21.0. The first-order valence-electron chi connectivity index (χ1n) is 12.2. The molecule has 2 aromatic carbocycles. The molecule has 0 aliphatic carbocycles. The Morgan fingerprint density at radius 2 is 1.22 bits per heavy atom. The summed E-state index contributed by atoms with van der Waals surface area (Å²) in [5, 5.41) is 0. The summed E-state index contributed by atoms with van der Waals surface area (Å²) in [6, 6.07) is 14.3. The van der Waals surface area contributed by atoms with Crippen molar-refractivity contribution >= 4 is 11.9 Å². The highest BCUT2D eigenvalue weighted by molar-refractivity contribution is 5.92. The van der Waals surface area contributed by atoms with Gasteiger partial charge in [0, 0.05) is 10.8 Å². The van der Waals surface area contributed by atoms with Gasteiger partial charge in [-0.2, -0.15) is 0 Å². The highest BCUT2D eigenvalue weighted by Crippen LogP contribution is 2.27. The maximum absolute atomic E-state index is 12.4. The molecule has 0 bridgehead atoms. The van der Waals surface area contributed by atoms with E-state index in [0.29, 0.717) is 64.0 Å². The summed E-state index contributed by atoms with van der Waals surface area (Å²) in [5.41, 5.74) is 2.78. The molecule has 8 nitrogen and oxygen atoms in total. The van der Waals surface area contributed by atoms with Gasteiger partial charge in [-0.1, -0.05) is 38.1 Å². The molecule has 2 aromatic rings.